The quantitative estimate of drug-likeness (QED) is 0.648. The Balaban J connectivity index is 2.03. The largest absolute Gasteiger partial charge is 0.451 e. The minimum absolute atomic E-state index is 0.0389. The van der Waals surface area contributed by atoms with E-state index < -0.39 is 16.0 Å². The van der Waals surface area contributed by atoms with Gasteiger partial charge in [0.2, 0.25) is 10.0 Å². The number of nitrogens with zero attached hydrogens (tertiary/aromatic N) is 3. The number of esters is 1. The molecule has 2 rings (SSSR count). The molecule has 1 aliphatic heterocycles. The van der Waals surface area contributed by atoms with Crippen LogP contribution in [0, 0.1) is 5.92 Å². The molecule has 0 saturated carbocycles. The molecule has 152 valence electrons. The van der Waals surface area contributed by atoms with Gasteiger partial charge in [-0.05, 0) is 24.8 Å². The first kappa shape index (κ1) is 21.4. The summed E-state index contributed by atoms with van der Waals surface area (Å²) < 4.78 is 33.0. The highest BCUT2D eigenvalue weighted by molar-refractivity contribution is 7.89. The predicted octanol–water partition coefficient (Wildman–Crippen LogP) is 1.47. The van der Waals surface area contributed by atoms with Crippen molar-refractivity contribution in [3.8, 4) is 0 Å². The third kappa shape index (κ3) is 4.90. The van der Waals surface area contributed by atoms with Gasteiger partial charge >= 0.3 is 5.97 Å². The molecule has 1 aliphatic rings. The molecular formula is C18H29N3O5S. The number of aromatic nitrogens is 1. The monoisotopic (exact) mass is 399 g/mol. The Hall–Kier alpha value is -1.87. The van der Waals surface area contributed by atoms with Gasteiger partial charge in [0.15, 0.2) is 6.61 Å². The van der Waals surface area contributed by atoms with Crippen molar-refractivity contribution in [3.63, 3.8) is 0 Å². The Labute approximate surface area is 161 Å². The Kier molecular flexibility index (Phi) is 7.05. The van der Waals surface area contributed by atoms with Crippen molar-refractivity contribution in [2.45, 2.75) is 38.5 Å². The number of ether oxygens (including phenoxy) is 1. The van der Waals surface area contributed by atoms with Crippen molar-refractivity contribution in [3.05, 3.63) is 18.0 Å². The molecular weight excluding hydrogens is 370 g/mol. The Morgan fingerprint density at radius 1 is 1.22 bits per heavy atom. The summed E-state index contributed by atoms with van der Waals surface area (Å²) in [6.07, 6.45) is 3.28. The highest BCUT2D eigenvalue weighted by atomic mass is 32.2. The lowest BCUT2D eigenvalue weighted by atomic mass is 9.99. The third-order valence-electron chi connectivity index (χ3n) is 5.00. The van der Waals surface area contributed by atoms with Crippen LogP contribution >= 0.6 is 0 Å². The number of carbonyl (C=O) groups is 2. The summed E-state index contributed by atoms with van der Waals surface area (Å²) in [6.45, 7) is 7.37. The molecule has 27 heavy (non-hydrogen) atoms. The van der Waals surface area contributed by atoms with E-state index in [2.05, 4.69) is 6.92 Å². The van der Waals surface area contributed by atoms with Crippen molar-refractivity contribution < 1.29 is 22.7 Å². The molecule has 2 heterocycles. The van der Waals surface area contributed by atoms with E-state index in [1.165, 1.54) is 21.1 Å². The van der Waals surface area contributed by atoms with Gasteiger partial charge in [-0.1, -0.05) is 20.8 Å². The van der Waals surface area contributed by atoms with Crippen LogP contribution < -0.4 is 0 Å². The first-order valence-corrected chi connectivity index (χ1v) is 10.8. The maximum atomic E-state index is 12.6. The molecule has 0 atom stereocenters. The van der Waals surface area contributed by atoms with Gasteiger partial charge in [0.1, 0.15) is 10.6 Å². The first-order chi connectivity index (χ1) is 12.7. The van der Waals surface area contributed by atoms with E-state index in [-0.39, 0.29) is 23.1 Å². The zero-order chi connectivity index (χ0) is 20.2. The molecule has 1 aromatic rings. The van der Waals surface area contributed by atoms with Crippen LogP contribution in [0.5, 0.6) is 0 Å². The van der Waals surface area contributed by atoms with E-state index >= 15 is 0 Å². The smallest absolute Gasteiger partial charge is 0.355 e. The van der Waals surface area contributed by atoms with Crippen molar-refractivity contribution in [1.82, 2.24) is 13.8 Å². The van der Waals surface area contributed by atoms with Gasteiger partial charge in [-0.15, -0.1) is 0 Å². The number of hydrogen-bond donors (Lipinski definition) is 0. The first-order valence-electron chi connectivity index (χ1n) is 9.32. The standard InChI is InChI=1S/C18H29N3O5S/c1-5-21(6-2)27(24,25)15-11-16(19(4)12-15)18(23)26-13-17(22)20-9-7-14(3)8-10-20/h11-12,14H,5-10,13H2,1-4H3. The molecule has 8 nitrogen and oxygen atoms in total. The minimum atomic E-state index is -3.66. The van der Waals surface area contributed by atoms with Gasteiger partial charge in [-0.2, -0.15) is 4.31 Å². The zero-order valence-electron chi connectivity index (χ0n) is 16.5. The van der Waals surface area contributed by atoms with Gasteiger partial charge in [0, 0.05) is 39.4 Å². The van der Waals surface area contributed by atoms with Crippen LogP contribution in [0.2, 0.25) is 0 Å². The number of hydrogen-bond acceptors (Lipinski definition) is 5. The van der Waals surface area contributed by atoms with Crippen LogP contribution in [0.25, 0.3) is 0 Å². The fourth-order valence-corrected chi connectivity index (χ4v) is 4.67. The molecule has 1 aromatic heterocycles. The summed E-state index contributed by atoms with van der Waals surface area (Å²) >= 11 is 0. The summed E-state index contributed by atoms with van der Waals surface area (Å²) in [7, 11) is -2.09. The van der Waals surface area contributed by atoms with E-state index in [4.69, 9.17) is 4.74 Å². The van der Waals surface area contributed by atoms with Gasteiger partial charge in [0.05, 0.1) is 0 Å². The highest BCUT2D eigenvalue weighted by Gasteiger charge is 2.27. The van der Waals surface area contributed by atoms with Crippen LogP contribution in [0.4, 0.5) is 0 Å². The summed E-state index contributed by atoms with van der Waals surface area (Å²) in [5, 5.41) is 0. The molecule has 0 aromatic carbocycles. The van der Waals surface area contributed by atoms with E-state index in [1.807, 2.05) is 0 Å². The van der Waals surface area contributed by atoms with Crippen LogP contribution in [0.1, 0.15) is 44.1 Å². The van der Waals surface area contributed by atoms with Crippen LogP contribution in [0.15, 0.2) is 17.2 Å². The maximum absolute atomic E-state index is 12.6. The molecule has 1 fully saturated rings. The lowest BCUT2D eigenvalue weighted by Gasteiger charge is -2.30. The number of sulfonamides is 1. The Bertz CT molecular complexity index is 775. The van der Waals surface area contributed by atoms with Gasteiger partial charge in [0.25, 0.3) is 5.91 Å². The number of carbonyl (C=O) groups excluding carboxylic acids is 2. The minimum Gasteiger partial charge on any atom is -0.451 e. The van der Waals surface area contributed by atoms with E-state index in [0.717, 1.165) is 12.8 Å². The normalized spacial score (nSPS) is 16.0. The highest BCUT2D eigenvalue weighted by Crippen LogP contribution is 2.19. The molecule has 0 spiro atoms. The van der Waals surface area contributed by atoms with Crippen molar-refractivity contribution in [1.29, 1.82) is 0 Å². The molecule has 0 unspecified atom stereocenters. The average Bonchev–Trinajstić information content (AvgIpc) is 3.03. The fraction of sp³-hybridized carbons (Fsp3) is 0.667. The second-order valence-electron chi connectivity index (χ2n) is 6.90. The molecule has 9 heteroatoms. The summed E-state index contributed by atoms with van der Waals surface area (Å²) in [5.41, 5.74) is 0.0980. The Morgan fingerprint density at radius 2 is 1.81 bits per heavy atom. The van der Waals surface area contributed by atoms with E-state index in [1.54, 1.807) is 25.8 Å². The number of aryl methyl sites for hydroxylation is 1. The zero-order valence-corrected chi connectivity index (χ0v) is 17.3. The summed E-state index contributed by atoms with van der Waals surface area (Å²) in [4.78, 5) is 26.3. The molecule has 0 bridgehead atoms. The molecule has 1 amide bonds. The fourth-order valence-electron chi connectivity index (χ4n) is 3.14. The van der Waals surface area contributed by atoms with E-state index in [0.29, 0.717) is 32.1 Å². The lowest BCUT2D eigenvalue weighted by Crippen LogP contribution is -2.40. The Morgan fingerprint density at radius 3 is 2.37 bits per heavy atom. The van der Waals surface area contributed by atoms with E-state index in [9.17, 15) is 18.0 Å². The van der Waals surface area contributed by atoms with Crippen molar-refractivity contribution in [2.24, 2.45) is 13.0 Å². The number of rotatable bonds is 7. The maximum Gasteiger partial charge on any atom is 0.355 e. The van der Waals surface area contributed by atoms with Crippen molar-refractivity contribution in [2.75, 3.05) is 32.8 Å². The molecule has 1 saturated heterocycles. The summed E-state index contributed by atoms with van der Waals surface area (Å²) in [6, 6.07) is 1.29. The second-order valence-corrected chi connectivity index (χ2v) is 8.84. The second kappa shape index (κ2) is 8.88. The van der Waals surface area contributed by atoms with Gasteiger partial charge in [-0.25, -0.2) is 13.2 Å². The van der Waals surface area contributed by atoms with Crippen LogP contribution in [-0.4, -0.2) is 66.9 Å². The van der Waals surface area contributed by atoms with Crippen molar-refractivity contribution >= 4 is 21.9 Å². The average molecular weight is 400 g/mol. The summed E-state index contributed by atoms with van der Waals surface area (Å²) in [5.74, 6) is -0.330. The number of piperidine rings is 1. The molecule has 0 aliphatic carbocycles. The topological polar surface area (TPSA) is 88.9 Å². The van der Waals surface area contributed by atoms with Crippen LogP contribution in [-0.2, 0) is 26.6 Å². The molecule has 0 radical (unpaired) electrons. The molecule has 0 N–H and O–H groups in total. The number of likely N-dealkylation sites (tertiary alicyclic amines) is 1. The van der Waals surface area contributed by atoms with Gasteiger partial charge in [-0.3, -0.25) is 4.79 Å². The third-order valence-corrected chi connectivity index (χ3v) is 7.01. The van der Waals surface area contributed by atoms with Crippen LogP contribution in [0.3, 0.4) is 0 Å². The predicted molar refractivity (Wildman–Crippen MR) is 101 cm³/mol. The lowest BCUT2D eigenvalue weighted by molar-refractivity contribution is -0.135. The SMILES string of the molecule is CCN(CC)S(=O)(=O)c1cc(C(=O)OCC(=O)N2CCC(C)CC2)n(C)c1. The van der Waals surface area contributed by atoms with Gasteiger partial charge < -0.3 is 14.2 Å². The number of amides is 1.